The highest BCUT2D eigenvalue weighted by molar-refractivity contribution is 6.31. The first-order valence-corrected chi connectivity index (χ1v) is 10.6. The van der Waals surface area contributed by atoms with Crippen LogP contribution in [-0.2, 0) is 6.42 Å². The van der Waals surface area contributed by atoms with Gasteiger partial charge in [-0.25, -0.2) is 4.39 Å². The van der Waals surface area contributed by atoms with Gasteiger partial charge < -0.3 is 10.2 Å². The van der Waals surface area contributed by atoms with Crippen molar-refractivity contribution < 1.29 is 14.0 Å². The molecule has 1 heterocycles. The van der Waals surface area contributed by atoms with Crippen LogP contribution in [0.3, 0.4) is 0 Å². The highest BCUT2D eigenvalue weighted by atomic mass is 35.5. The van der Waals surface area contributed by atoms with Gasteiger partial charge in [0.15, 0.2) is 0 Å². The molecule has 0 spiro atoms. The van der Waals surface area contributed by atoms with E-state index in [2.05, 4.69) is 5.32 Å². The molecule has 4 nitrogen and oxygen atoms in total. The van der Waals surface area contributed by atoms with Crippen molar-refractivity contribution in [3.05, 3.63) is 99.8 Å². The normalized spacial score (nSPS) is 14.0. The van der Waals surface area contributed by atoms with Gasteiger partial charge in [-0.2, -0.15) is 0 Å². The monoisotopic (exact) mass is 436 g/mol. The number of hydrogen-bond donors (Lipinski definition) is 1. The zero-order chi connectivity index (χ0) is 22.0. The predicted octanol–water partition coefficient (Wildman–Crippen LogP) is 5.56. The number of fused-ring (bicyclic) bond motifs is 1. The molecule has 0 radical (unpaired) electrons. The lowest BCUT2D eigenvalue weighted by atomic mass is 9.98. The van der Waals surface area contributed by atoms with Crippen molar-refractivity contribution in [2.45, 2.75) is 25.8 Å². The summed E-state index contributed by atoms with van der Waals surface area (Å²) in [5.41, 5.74) is 3.68. The molecule has 1 N–H and O–H groups in total. The molecule has 3 aromatic rings. The SMILES string of the molecule is C[C@@H](NC(=O)c1ccc2c(c1)CCCN2C(=O)c1cccc(Cl)c1)c1ccc(F)cc1. The Kier molecular flexibility index (Phi) is 6.05. The molecule has 0 aromatic heterocycles. The molecule has 31 heavy (non-hydrogen) atoms. The summed E-state index contributed by atoms with van der Waals surface area (Å²) in [5.74, 6) is -0.627. The van der Waals surface area contributed by atoms with Crippen LogP contribution in [0, 0.1) is 5.82 Å². The van der Waals surface area contributed by atoms with Crippen LogP contribution in [-0.4, -0.2) is 18.4 Å². The van der Waals surface area contributed by atoms with Gasteiger partial charge in [0.05, 0.1) is 6.04 Å². The molecule has 4 rings (SSSR count). The van der Waals surface area contributed by atoms with Crippen LogP contribution in [0.5, 0.6) is 0 Å². The van der Waals surface area contributed by atoms with Crippen LogP contribution >= 0.6 is 11.6 Å². The summed E-state index contributed by atoms with van der Waals surface area (Å²) in [4.78, 5) is 27.5. The highest BCUT2D eigenvalue weighted by Crippen LogP contribution is 2.30. The third-order valence-electron chi connectivity index (χ3n) is 5.49. The molecule has 1 aliphatic heterocycles. The van der Waals surface area contributed by atoms with E-state index in [1.165, 1.54) is 12.1 Å². The summed E-state index contributed by atoms with van der Waals surface area (Å²) >= 11 is 6.04. The Hall–Kier alpha value is -3.18. The molecule has 0 saturated carbocycles. The average molecular weight is 437 g/mol. The number of rotatable bonds is 4. The van der Waals surface area contributed by atoms with E-state index < -0.39 is 0 Å². The van der Waals surface area contributed by atoms with Crippen molar-refractivity contribution >= 4 is 29.1 Å². The quantitative estimate of drug-likeness (QED) is 0.581. The second kappa shape index (κ2) is 8.90. The van der Waals surface area contributed by atoms with E-state index in [0.29, 0.717) is 22.7 Å². The Morgan fingerprint density at radius 1 is 1.03 bits per heavy atom. The number of carbonyl (C=O) groups excluding carboxylic acids is 2. The van der Waals surface area contributed by atoms with E-state index in [1.54, 1.807) is 47.4 Å². The topological polar surface area (TPSA) is 49.4 Å². The van der Waals surface area contributed by atoms with Crippen molar-refractivity contribution in [2.24, 2.45) is 0 Å². The molecule has 3 aromatic carbocycles. The molecule has 1 aliphatic rings. The van der Waals surface area contributed by atoms with Gasteiger partial charge in [-0.1, -0.05) is 29.8 Å². The predicted molar refractivity (Wildman–Crippen MR) is 120 cm³/mol. The summed E-state index contributed by atoms with van der Waals surface area (Å²) in [7, 11) is 0. The summed E-state index contributed by atoms with van der Waals surface area (Å²) in [6.45, 7) is 2.47. The Bertz CT molecular complexity index is 1130. The van der Waals surface area contributed by atoms with E-state index in [4.69, 9.17) is 11.6 Å². The first kappa shape index (κ1) is 21.1. The van der Waals surface area contributed by atoms with E-state index in [0.717, 1.165) is 29.7 Å². The largest absolute Gasteiger partial charge is 0.346 e. The lowest BCUT2D eigenvalue weighted by Crippen LogP contribution is -2.35. The van der Waals surface area contributed by atoms with Gasteiger partial charge in [0.25, 0.3) is 11.8 Å². The van der Waals surface area contributed by atoms with Gasteiger partial charge in [0, 0.05) is 28.4 Å². The van der Waals surface area contributed by atoms with Gasteiger partial charge in [0.1, 0.15) is 5.82 Å². The van der Waals surface area contributed by atoms with E-state index >= 15 is 0 Å². The standard InChI is InChI=1S/C25H22ClFN2O2/c1-16(17-7-10-22(27)11-8-17)28-24(30)19-9-12-23-18(14-19)5-3-13-29(23)25(31)20-4-2-6-21(26)15-20/h2,4,6-12,14-16H,3,5,13H2,1H3,(H,28,30)/t16-/m1/s1. The molecule has 158 valence electrons. The molecule has 0 bridgehead atoms. The number of anilines is 1. The van der Waals surface area contributed by atoms with E-state index in [-0.39, 0.29) is 23.7 Å². The fourth-order valence-corrected chi connectivity index (χ4v) is 4.03. The van der Waals surface area contributed by atoms with Crippen LogP contribution < -0.4 is 10.2 Å². The molecule has 2 amide bonds. The number of benzene rings is 3. The van der Waals surface area contributed by atoms with Crippen LogP contribution in [0.15, 0.2) is 66.7 Å². The molecule has 0 fully saturated rings. The third-order valence-corrected chi connectivity index (χ3v) is 5.73. The summed E-state index contributed by atoms with van der Waals surface area (Å²) in [5, 5.41) is 3.47. The van der Waals surface area contributed by atoms with Crippen molar-refractivity contribution in [1.29, 1.82) is 0 Å². The minimum atomic E-state index is -0.311. The van der Waals surface area contributed by atoms with Crippen molar-refractivity contribution in [3.63, 3.8) is 0 Å². The minimum Gasteiger partial charge on any atom is -0.346 e. The molecule has 0 aliphatic carbocycles. The van der Waals surface area contributed by atoms with Crippen LogP contribution in [0.2, 0.25) is 5.02 Å². The molecular weight excluding hydrogens is 415 g/mol. The maximum Gasteiger partial charge on any atom is 0.258 e. The average Bonchev–Trinajstić information content (AvgIpc) is 2.78. The Balaban J connectivity index is 1.53. The molecule has 0 unspecified atom stereocenters. The Morgan fingerprint density at radius 3 is 2.55 bits per heavy atom. The highest BCUT2D eigenvalue weighted by Gasteiger charge is 2.25. The molecular formula is C25H22ClFN2O2. The number of halogens is 2. The molecule has 1 atom stereocenters. The maximum absolute atomic E-state index is 13.1. The second-order valence-corrected chi connectivity index (χ2v) is 8.10. The van der Waals surface area contributed by atoms with Gasteiger partial charge in [-0.05, 0) is 79.4 Å². The fraction of sp³-hybridized carbons (Fsp3) is 0.200. The Labute approximate surface area is 185 Å². The molecule has 0 saturated heterocycles. The summed E-state index contributed by atoms with van der Waals surface area (Å²) in [6, 6.07) is 18.1. The summed E-state index contributed by atoms with van der Waals surface area (Å²) in [6.07, 6.45) is 1.61. The number of nitrogens with zero attached hydrogens (tertiary/aromatic N) is 1. The van der Waals surface area contributed by atoms with Gasteiger partial charge >= 0.3 is 0 Å². The molecule has 6 heteroatoms. The first-order valence-electron chi connectivity index (χ1n) is 10.2. The maximum atomic E-state index is 13.1. The number of carbonyl (C=O) groups is 2. The van der Waals surface area contributed by atoms with Crippen molar-refractivity contribution in [2.75, 3.05) is 11.4 Å². The first-order chi connectivity index (χ1) is 14.9. The Morgan fingerprint density at radius 2 is 1.81 bits per heavy atom. The van der Waals surface area contributed by atoms with Gasteiger partial charge in [-0.3, -0.25) is 9.59 Å². The van der Waals surface area contributed by atoms with Crippen LogP contribution in [0.1, 0.15) is 51.2 Å². The van der Waals surface area contributed by atoms with Crippen molar-refractivity contribution in [3.8, 4) is 0 Å². The lowest BCUT2D eigenvalue weighted by Gasteiger charge is -2.30. The number of aryl methyl sites for hydroxylation is 1. The minimum absolute atomic E-state index is 0.106. The zero-order valence-electron chi connectivity index (χ0n) is 17.1. The number of hydrogen-bond acceptors (Lipinski definition) is 2. The van der Waals surface area contributed by atoms with E-state index in [9.17, 15) is 14.0 Å². The second-order valence-electron chi connectivity index (χ2n) is 7.66. The van der Waals surface area contributed by atoms with Gasteiger partial charge in [0.2, 0.25) is 0 Å². The third kappa shape index (κ3) is 4.62. The van der Waals surface area contributed by atoms with Crippen LogP contribution in [0.25, 0.3) is 0 Å². The number of nitrogens with one attached hydrogen (secondary N) is 1. The number of amides is 2. The fourth-order valence-electron chi connectivity index (χ4n) is 3.84. The van der Waals surface area contributed by atoms with E-state index in [1.807, 2.05) is 19.1 Å². The van der Waals surface area contributed by atoms with Gasteiger partial charge in [-0.15, -0.1) is 0 Å². The van der Waals surface area contributed by atoms with Crippen LogP contribution in [0.4, 0.5) is 10.1 Å². The zero-order valence-corrected chi connectivity index (χ0v) is 17.8. The smallest absolute Gasteiger partial charge is 0.258 e. The summed E-state index contributed by atoms with van der Waals surface area (Å²) < 4.78 is 13.1. The lowest BCUT2D eigenvalue weighted by molar-refractivity contribution is 0.0939. The van der Waals surface area contributed by atoms with Crippen molar-refractivity contribution in [1.82, 2.24) is 5.32 Å².